The predicted octanol–water partition coefficient (Wildman–Crippen LogP) is 2.54. The Morgan fingerprint density at radius 1 is 1.23 bits per heavy atom. The van der Waals surface area contributed by atoms with Gasteiger partial charge in [0.2, 0.25) is 5.91 Å². The molecule has 1 aliphatic heterocycles. The molecule has 1 saturated heterocycles. The third kappa shape index (κ3) is 4.81. The van der Waals surface area contributed by atoms with Gasteiger partial charge in [-0.1, -0.05) is 11.8 Å². The molecule has 0 radical (unpaired) electrons. The van der Waals surface area contributed by atoms with Crippen molar-refractivity contribution in [3.63, 3.8) is 0 Å². The molecule has 0 atom stereocenters. The molecule has 0 spiro atoms. The minimum Gasteiger partial charge on any atom is -0.464 e. The maximum Gasteiger partial charge on any atom is 0.238 e. The zero-order valence-corrected chi connectivity index (χ0v) is 17.6. The number of aromatic nitrogens is 2. The van der Waals surface area contributed by atoms with Gasteiger partial charge < -0.3 is 25.3 Å². The smallest absolute Gasteiger partial charge is 0.238 e. The minimum atomic E-state index is -0.240. The van der Waals surface area contributed by atoms with Gasteiger partial charge in [0.1, 0.15) is 16.6 Å². The Kier molecular flexibility index (Phi) is 6.32. The third-order valence-corrected chi connectivity index (χ3v) is 5.75. The monoisotopic (exact) mass is 424 g/mol. The number of nitrogens with zero attached hydrogens (tertiary/aromatic N) is 4. The fraction of sp³-hybridized carbons (Fsp3) is 0.286. The highest BCUT2D eigenvalue weighted by Gasteiger charge is 2.21. The van der Waals surface area contributed by atoms with E-state index in [0.29, 0.717) is 5.69 Å². The lowest BCUT2D eigenvalue weighted by atomic mass is 10.2. The molecule has 4 rings (SSSR count). The van der Waals surface area contributed by atoms with Crippen LogP contribution in [-0.2, 0) is 4.79 Å². The summed E-state index contributed by atoms with van der Waals surface area (Å²) < 4.78 is 5.69. The van der Waals surface area contributed by atoms with Gasteiger partial charge >= 0.3 is 0 Å². The van der Waals surface area contributed by atoms with Crippen LogP contribution in [0.4, 0.5) is 11.5 Å². The van der Waals surface area contributed by atoms with E-state index in [0.717, 1.165) is 53.2 Å². The van der Waals surface area contributed by atoms with Crippen LogP contribution in [0.5, 0.6) is 0 Å². The highest BCUT2D eigenvalue weighted by Crippen LogP contribution is 2.35. The van der Waals surface area contributed by atoms with Crippen molar-refractivity contribution in [2.24, 2.45) is 5.73 Å². The minimum absolute atomic E-state index is 0.0605. The van der Waals surface area contributed by atoms with E-state index < -0.39 is 0 Å². The first-order chi connectivity index (χ1) is 14.6. The van der Waals surface area contributed by atoms with Crippen LogP contribution in [0.25, 0.3) is 11.3 Å². The molecule has 3 aromatic heterocycles. The number of nitrogens with two attached hydrogens (primary N) is 1. The van der Waals surface area contributed by atoms with Crippen LogP contribution in [-0.4, -0.2) is 60.5 Å². The van der Waals surface area contributed by atoms with Crippen LogP contribution in [0.3, 0.4) is 0 Å². The lowest BCUT2D eigenvalue weighted by molar-refractivity contribution is -0.114. The summed E-state index contributed by atoms with van der Waals surface area (Å²) in [6.45, 7) is 3.79. The molecule has 0 unspecified atom stereocenters. The summed E-state index contributed by atoms with van der Waals surface area (Å²) in [7, 11) is 2.13. The number of anilines is 2. The van der Waals surface area contributed by atoms with Crippen molar-refractivity contribution < 1.29 is 9.21 Å². The number of furan rings is 1. The fourth-order valence-electron chi connectivity index (χ4n) is 3.25. The van der Waals surface area contributed by atoms with Gasteiger partial charge in [-0.25, -0.2) is 9.97 Å². The van der Waals surface area contributed by atoms with Crippen LogP contribution in [0.2, 0.25) is 0 Å². The van der Waals surface area contributed by atoms with Crippen LogP contribution in [0.1, 0.15) is 0 Å². The number of rotatable bonds is 6. The highest BCUT2D eigenvalue weighted by molar-refractivity contribution is 7.99. The SMILES string of the molecule is CN1CCN(c2ncc(Sc3cc(NC(=O)CN)ccn3)cc2-c2ccco2)CC1. The quantitative estimate of drug-likeness (QED) is 0.623. The van der Waals surface area contributed by atoms with Crippen molar-refractivity contribution in [3.05, 3.63) is 49.0 Å². The first kappa shape index (κ1) is 20.4. The average molecular weight is 425 g/mol. The van der Waals surface area contributed by atoms with Crippen molar-refractivity contribution in [1.29, 1.82) is 0 Å². The molecule has 9 heteroatoms. The van der Waals surface area contributed by atoms with Gasteiger partial charge in [-0.2, -0.15) is 0 Å². The molecule has 1 amide bonds. The molecule has 0 aromatic carbocycles. The average Bonchev–Trinajstić information content (AvgIpc) is 3.29. The summed E-state index contributed by atoms with van der Waals surface area (Å²) in [5, 5.41) is 3.50. The van der Waals surface area contributed by atoms with Crippen molar-refractivity contribution in [3.8, 4) is 11.3 Å². The third-order valence-electron chi connectivity index (χ3n) is 4.86. The number of likely N-dealkylation sites (N-methyl/N-ethyl adjacent to an activating group) is 1. The molecule has 0 bridgehead atoms. The van der Waals surface area contributed by atoms with E-state index in [1.807, 2.05) is 24.4 Å². The fourth-order valence-corrected chi connectivity index (χ4v) is 4.08. The summed E-state index contributed by atoms with van der Waals surface area (Å²) in [4.78, 5) is 26.3. The summed E-state index contributed by atoms with van der Waals surface area (Å²) in [5.74, 6) is 1.48. The van der Waals surface area contributed by atoms with Crippen LogP contribution in [0.15, 0.2) is 63.3 Å². The Morgan fingerprint density at radius 3 is 2.80 bits per heavy atom. The number of hydrogen-bond acceptors (Lipinski definition) is 8. The normalized spacial score (nSPS) is 14.7. The van der Waals surface area contributed by atoms with Gasteiger partial charge in [-0.15, -0.1) is 0 Å². The predicted molar refractivity (Wildman–Crippen MR) is 118 cm³/mol. The molecule has 1 fully saturated rings. The standard InChI is InChI=1S/C21H24N6O2S/c1-26-6-8-27(9-7-26)21-17(18-3-2-10-29-18)12-16(14-24-21)30-20-11-15(4-5-23-20)25-19(28)13-22/h2-5,10-12,14H,6-9,13,22H2,1H3,(H,23,25,28). The zero-order chi connectivity index (χ0) is 20.9. The first-order valence-electron chi connectivity index (χ1n) is 9.73. The molecule has 3 aromatic rings. The van der Waals surface area contributed by atoms with E-state index in [-0.39, 0.29) is 12.5 Å². The van der Waals surface area contributed by atoms with Crippen LogP contribution >= 0.6 is 11.8 Å². The van der Waals surface area contributed by atoms with Gasteiger partial charge in [0.25, 0.3) is 0 Å². The molecule has 0 aliphatic carbocycles. The van der Waals surface area contributed by atoms with Crippen molar-refractivity contribution in [2.45, 2.75) is 9.92 Å². The van der Waals surface area contributed by atoms with Gasteiger partial charge in [-0.3, -0.25) is 4.79 Å². The topological polar surface area (TPSA) is 101 Å². The molecule has 4 heterocycles. The molecule has 3 N–H and O–H groups in total. The molecule has 156 valence electrons. The largest absolute Gasteiger partial charge is 0.464 e. The van der Waals surface area contributed by atoms with Crippen molar-refractivity contribution >= 4 is 29.2 Å². The second-order valence-corrected chi connectivity index (χ2v) is 8.14. The second kappa shape index (κ2) is 9.29. The van der Waals surface area contributed by atoms with E-state index >= 15 is 0 Å². The van der Waals surface area contributed by atoms with E-state index in [9.17, 15) is 4.79 Å². The van der Waals surface area contributed by atoms with Crippen molar-refractivity contribution in [2.75, 3.05) is 50.0 Å². The molecule has 30 heavy (non-hydrogen) atoms. The Balaban J connectivity index is 1.60. The summed E-state index contributed by atoms with van der Waals surface area (Å²) in [6, 6.07) is 9.47. The Hall–Kier alpha value is -2.88. The number of hydrogen-bond donors (Lipinski definition) is 2. The molecule has 0 saturated carbocycles. The highest BCUT2D eigenvalue weighted by atomic mass is 32.2. The summed E-state index contributed by atoms with van der Waals surface area (Å²) >= 11 is 1.48. The molecule has 8 nitrogen and oxygen atoms in total. The lowest BCUT2D eigenvalue weighted by Crippen LogP contribution is -2.45. The number of carbonyl (C=O) groups excluding carboxylic acids is 1. The van der Waals surface area contributed by atoms with Crippen molar-refractivity contribution in [1.82, 2.24) is 14.9 Å². The van der Waals surface area contributed by atoms with Gasteiger partial charge in [-0.05, 0) is 37.4 Å². The first-order valence-corrected chi connectivity index (χ1v) is 10.6. The van der Waals surface area contributed by atoms with E-state index in [1.165, 1.54) is 11.8 Å². The lowest BCUT2D eigenvalue weighted by Gasteiger charge is -2.34. The number of pyridine rings is 2. The maximum atomic E-state index is 11.5. The molecular weight excluding hydrogens is 400 g/mol. The van der Waals surface area contributed by atoms with E-state index in [4.69, 9.17) is 15.1 Å². The van der Waals surface area contributed by atoms with Crippen LogP contribution < -0.4 is 16.0 Å². The molecule has 1 aliphatic rings. The Bertz CT molecular complexity index is 1000. The number of amides is 1. The number of carbonyl (C=O) groups is 1. The second-order valence-electron chi connectivity index (χ2n) is 7.05. The number of nitrogens with one attached hydrogen (secondary N) is 1. The van der Waals surface area contributed by atoms with E-state index in [2.05, 4.69) is 33.2 Å². The molecular formula is C21H24N6O2S. The van der Waals surface area contributed by atoms with E-state index in [1.54, 1.807) is 18.5 Å². The maximum absolute atomic E-state index is 11.5. The van der Waals surface area contributed by atoms with Gasteiger partial charge in [0.15, 0.2) is 0 Å². The van der Waals surface area contributed by atoms with Gasteiger partial charge in [0, 0.05) is 49.2 Å². The summed E-state index contributed by atoms with van der Waals surface area (Å²) in [5.41, 5.74) is 6.99. The number of piperazine rings is 1. The van der Waals surface area contributed by atoms with Crippen LogP contribution in [0, 0.1) is 0 Å². The Labute approximate surface area is 179 Å². The summed E-state index contributed by atoms with van der Waals surface area (Å²) in [6.07, 6.45) is 5.19. The zero-order valence-electron chi connectivity index (χ0n) is 16.7. The van der Waals surface area contributed by atoms with Gasteiger partial charge in [0.05, 0.1) is 18.4 Å². The Morgan fingerprint density at radius 2 is 2.07 bits per heavy atom.